The Balaban J connectivity index is 2.08. The SMILES string of the molecule is O=C(O)c1cc(-c2cc3c(cc2Cl)OCO3)on1. The fourth-order valence-electron chi connectivity index (χ4n) is 1.61. The predicted molar refractivity (Wildman–Crippen MR) is 60.0 cm³/mol. The van der Waals surface area contributed by atoms with Gasteiger partial charge in [0.05, 0.1) is 5.02 Å². The van der Waals surface area contributed by atoms with Crippen LogP contribution in [0.3, 0.4) is 0 Å². The molecule has 1 aromatic heterocycles. The second-order valence-electron chi connectivity index (χ2n) is 3.57. The smallest absolute Gasteiger partial charge is 0.358 e. The van der Waals surface area contributed by atoms with Crippen LogP contribution in [0.2, 0.25) is 5.02 Å². The third-order valence-electron chi connectivity index (χ3n) is 2.46. The van der Waals surface area contributed by atoms with E-state index in [-0.39, 0.29) is 18.2 Å². The first-order valence-electron chi connectivity index (χ1n) is 4.94. The van der Waals surface area contributed by atoms with Crippen LogP contribution in [-0.2, 0) is 0 Å². The summed E-state index contributed by atoms with van der Waals surface area (Å²) in [6, 6.07) is 4.50. The molecule has 6 nitrogen and oxygen atoms in total. The van der Waals surface area contributed by atoms with E-state index in [2.05, 4.69) is 5.16 Å². The van der Waals surface area contributed by atoms with Crippen molar-refractivity contribution in [1.29, 1.82) is 0 Å². The molecule has 0 saturated carbocycles. The van der Waals surface area contributed by atoms with Crippen molar-refractivity contribution in [2.75, 3.05) is 6.79 Å². The summed E-state index contributed by atoms with van der Waals surface area (Å²) >= 11 is 6.06. The lowest BCUT2D eigenvalue weighted by Gasteiger charge is -2.01. The molecule has 7 heteroatoms. The standard InChI is InChI=1S/C11H6ClNO5/c12-6-2-10-9(16-4-17-10)1-5(6)8-3-7(11(14)15)13-18-8/h1-3H,4H2,(H,14,15). The van der Waals surface area contributed by atoms with E-state index in [9.17, 15) is 4.79 Å². The minimum Gasteiger partial charge on any atom is -0.476 e. The number of benzene rings is 1. The van der Waals surface area contributed by atoms with E-state index < -0.39 is 5.97 Å². The van der Waals surface area contributed by atoms with Gasteiger partial charge in [-0.25, -0.2) is 4.79 Å². The first kappa shape index (κ1) is 10.9. The molecule has 3 rings (SSSR count). The van der Waals surface area contributed by atoms with Crippen LogP contribution in [0.25, 0.3) is 11.3 Å². The number of rotatable bonds is 2. The number of halogens is 1. The van der Waals surface area contributed by atoms with E-state index in [1.54, 1.807) is 12.1 Å². The highest BCUT2D eigenvalue weighted by Crippen LogP contribution is 2.40. The normalized spacial score (nSPS) is 12.7. The molecule has 1 N–H and O–H groups in total. The predicted octanol–water partition coefficient (Wildman–Crippen LogP) is 2.42. The molecule has 1 aliphatic heterocycles. The van der Waals surface area contributed by atoms with E-state index >= 15 is 0 Å². The first-order chi connectivity index (χ1) is 8.65. The van der Waals surface area contributed by atoms with Gasteiger partial charge >= 0.3 is 5.97 Å². The Labute approximate surface area is 106 Å². The summed E-state index contributed by atoms with van der Waals surface area (Å²) in [7, 11) is 0. The maximum Gasteiger partial charge on any atom is 0.358 e. The van der Waals surface area contributed by atoms with Gasteiger partial charge < -0.3 is 19.1 Å². The Kier molecular flexibility index (Phi) is 2.38. The number of ether oxygens (including phenoxy) is 2. The Morgan fingerprint density at radius 3 is 2.67 bits per heavy atom. The lowest BCUT2D eigenvalue weighted by molar-refractivity contribution is 0.0686. The zero-order chi connectivity index (χ0) is 12.7. The molecule has 0 fully saturated rings. The molecule has 18 heavy (non-hydrogen) atoms. The van der Waals surface area contributed by atoms with Gasteiger partial charge in [0.2, 0.25) is 6.79 Å². The van der Waals surface area contributed by atoms with Crippen LogP contribution in [0.4, 0.5) is 0 Å². The van der Waals surface area contributed by atoms with Gasteiger partial charge in [0, 0.05) is 17.7 Å². The summed E-state index contributed by atoms with van der Waals surface area (Å²) in [5.41, 5.74) is 0.319. The van der Waals surface area contributed by atoms with Crippen molar-refractivity contribution in [3.63, 3.8) is 0 Å². The third-order valence-corrected chi connectivity index (χ3v) is 2.77. The lowest BCUT2D eigenvalue weighted by atomic mass is 10.1. The second kappa shape index (κ2) is 3.92. The van der Waals surface area contributed by atoms with Crippen molar-refractivity contribution >= 4 is 17.6 Å². The Morgan fingerprint density at radius 1 is 1.28 bits per heavy atom. The van der Waals surface area contributed by atoms with Crippen LogP contribution in [-0.4, -0.2) is 23.0 Å². The zero-order valence-corrected chi connectivity index (χ0v) is 9.60. The largest absolute Gasteiger partial charge is 0.476 e. The molecule has 0 atom stereocenters. The maximum atomic E-state index is 10.7. The van der Waals surface area contributed by atoms with Crippen LogP contribution in [0.1, 0.15) is 10.5 Å². The zero-order valence-electron chi connectivity index (χ0n) is 8.84. The van der Waals surface area contributed by atoms with Gasteiger partial charge in [0.25, 0.3) is 0 Å². The molecule has 0 saturated heterocycles. The summed E-state index contributed by atoms with van der Waals surface area (Å²) in [5.74, 6) is 0.168. The molecule has 92 valence electrons. The molecule has 0 unspecified atom stereocenters. The van der Waals surface area contributed by atoms with Gasteiger partial charge in [-0.2, -0.15) is 0 Å². The fourth-order valence-corrected chi connectivity index (χ4v) is 1.86. The van der Waals surface area contributed by atoms with Crippen LogP contribution in [0.5, 0.6) is 11.5 Å². The van der Waals surface area contributed by atoms with Gasteiger partial charge in [0.1, 0.15) is 0 Å². The van der Waals surface area contributed by atoms with Gasteiger partial charge in [-0.15, -0.1) is 0 Å². The molecular formula is C11H6ClNO5. The number of fused-ring (bicyclic) bond motifs is 1. The van der Waals surface area contributed by atoms with Crippen molar-refractivity contribution in [2.24, 2.45) is 0 Å². The number of aromatic nitrogens is 1. The number of carbonyl (C=O) groups is 1. The highest BCUT2D eigenvalue weighted by atomic mass is 35.5. The van der Waals surface area contributed by atoms with Gasteiger partial charge in [-0.1, -0.05) is 16.8 Å². The highest BCUT2D eigenvalue weighted by Gasteiger charge is 2.20. The molecule has 0 aliphatic carbocycles. The molecule has 0 spiro atoms. The third kappa shape index (κ3) is 1.67. The molecule has 0 bridgehead atoms. The van der Waals surface area contributed by atoms with Gasteiger partial charge in [0.15, 0.2) is 23.0 Å². The van der Waals surface area contributed by atoms with Crippen molar-refractivity contribution in [3.8, 4) is 22.8 Å². The van der Waals surface area contributed by atoms with E-state index in [4.69, 9.17) is 30.7 Å². The quantitative estimate of drug-likeness (QED) is 0.900. The van der Waals surface area contributed by atoms with E-state index in [0.29, 0.717) is 22.1 Å². The molecule has 2 heterocycles. The van der Waals surface area contributed by atoms with Crippen LogP contribution in [0.15, 0.2) is 22.7 Å². The van der Waals surface area contributed by atoms with Gasteiger partial charge in [-0.3, -0.25) is 0 Å². The molecule has 1 aromatic carbocycles. The van der Waals surface area contributed by atoms with Crippen LogP contribution >= 0.6 is 11.6 Å². The van der Waals surface area contributed by atoms with Crippen molar-refractivity contribution < 1.29 is 23.9 Å². The Morgan fingerprint density at radius 2 is 2.00 bits per heavy atom. The topological polar surface area (TPSA) is 81.8 Å². The monoisotopic (exact) mass is 267 g/mol. The fraction of sp³-hybridized carbons (Fsp3) is 0.0909. The highest BCUT2D eigenvalue weighted by molar-refractivity contribution is 6.33. The summed E-state index contributed by atoms with van der Waals surface area (Å²) in [6.45, 7) is 0.131. The van der Waals surface area contributed by atoms with E-state index in [0.717, 1.165) is 0 Å². The summed E-state index contributed by atoms with van der Waals surface area (Å²) in [4.78, 5) is 10.7. The number of carboxylic acid groups (broad SMARTS) is 1. The molecule has 1 aliphatic rings. The number of nitrogens with zero attached hydrogens (tertiary/aromatic N) is 1. The minimum atomic E-state index is -1.16. The number of carboxylic acids is 1. The molecular weight excluding hydrogens is 262 g/mol. The summed E-state index contributed by atoms with van der Waals surface area (Å²) in [6.07, 6.45) is 0. The molecule has 0 amide bonds. The van der Waals surface area contributed by atoms with Crippen molar-refractivity contribution in [2.45, 2.75) is 0 Å². The average molecular weight is 268 g/mol. The molecule has 0 radical (unpaired) electrons. The van der Waals surface area contributed by atoms with Crippen LogP contribution in [0, 0.1) is 0 Å². The summed E-state index contributed by atoms with van der Waals surface area (Å²) in [5, 5.41) is 12.6. The second-order valence-corrected chi connectivity index (χ2v) is 3.97. The van der Waals surface area contributed by atoms with Gasteiger partial charge in [-0.05, 0) is 6.07 Å². The number of aromatic carboxylic acids is 1. The van der Waals surface area contributed by atoms with Crippen molar-refractivity contribution in [1.82, 2.24) is 5.16 Å². The number of hydrogen-bond donors (Lipinski definition) is 1. The summed E-state index contributed by atoms with van der Waals surface area (Å²) < 4.78 is 15.3. The lowest BCUT2D eigenvalue weighted by Crippen LogP contribution is -1.94. The van der Waals surface area contributed by atoms with Crippen molar-refractivity contribution in [3.05, 3.63) is 28.9 Å². The first-order valence-corrected chi connectivity index (χ1v) is 5.32. The van der Waals surface area contributed by atoms with E-state index in [1.165, 1.54) is 6.07 Å². The minimum absolute atomic E-state index is 0.131. The number of hydrogen-bond acceptors (Lipinski definition) is 5. The average Bonchev–Trinajstić information content (AvgIpc) is 2.94. The Hall–Kier alpha value is -2.21. The maximum absolute atomic E-state index is 10.7. The Bertz CT molecular complexity index is 636. The molecule has 2 aromatic rings. The van der Waals surface area contributed by atoms with Crippen LogP contribution < -0.4 is 9.47 Å². The van der Waals surface area contributed by atoms with E-state index in [1.807, 2.05) is 0 Å².